The van der Waals surface area contributed by atoms with E-state index in [0.717, 1.165) is 11.3 Å². The van der Waals surface area contributed by atoms with Crippen molar-refractivity contribution in [2.45, 2.75) is 20.3 Å². The number of hydrogen-bond acceptors (Lipinski definition) is 5. The number of ether oxygens (including phenoxy) is 1. The van der Waals surface area contributed by atoms with Crippen LogP contribution >= 0.6 is 11.6 Å². The number of carbonyl (C=O) groups excluding carboxylic acids is 2. The van der Waals surface area contributed by atoms with Crippen molar-refractivity contribution in [3.63, 3.8) is 0 Å². The quantitative estimate of drug-likeness (QED) is 0.292. The van der Waals surface area contributed by atoms with E-state index in [1.807, 2.05) is 26.0 Å². The number of nitrogens with zero attached hydrogens (tertiary/aromatic N) is 1. The van der Waals surface area contributed by atoms with E-state index in [1.165, 1.54) is 13.2 Å². The third-order valence-corrected chi connectivity index (χ3v) is 5.54. The fraction of sp³-hybridized carbons (Fsp3) is 0.222. The van der Waals surface area contributed by atoms with Gasteiger partial charge in [0.1, 0.15) is 0 Å². The molecule has 1 aliphatic heterocycles. The molecule has 0 spiro atoms. The molecule has 186 valence electrons. The molecule has 3 aromatic rings. The fourth-order valence-corrected chi connectivity index (χ4v) is 3.96. The number of benzene rings is 1. The van der Waals surface area contributed by atoms with E-state index in [4.69, 9.17) is 16.3 Å². The Morgan fingerprint density at radius 3 is 2.89 bits per heavy atom. The molecule has 4 N–H and O–H groups in total. The molecule has 2 amide bonds. The molecule has 0 radical (unpaired) electrons. The zero-order valence-electron chi connectivity index (χ0n) is 20.4. The highest BCUT2D eigenvalue weighted by Crippen LogP contribution is 2.41. The maximum atomic E-state index is 12.8. The van der Waals surface area contributed by atoms with Gasteiger partial charge in [-0.25, -0.2) is 0 Å². The average Bonchev–Trinajstić information content (AvgIpc) is 3.27. The standard InChI is InChI=1S/C25H22ClN5O3.C2H6/c1-3-20(32)28-11-5-6-15-14-27-12-9-16(15)22-23(21-18(30-22)10-13-29-25(21)33)31-19-8-4-7-17(26)24(19)34-2;1-2/h3-4,7-9,12,14,30-31H,1,10-11,13H2,2H3,(H,28,32)(H,29,33);1-2H3. The molecular formula is C27H28ClN5O3. The first kappa shape index (κ1) is 26.4. The number of halogens is 1. The van der Waals surface area contributed by atoms with E-state index < -0.39 is 0 Å². The second kappa shape index (κ2) is 12.5. The van der Waals surface area contributed by atoms with Crippen molar-refractivity contribution < 1.29 is 14.3 Å². The molecule has 1 aromatic carbocycles. The number of pyridine rings is 1. The summed E-state index contributed by atoms with van der Waals surface area (Å²) >= 11 is 6.31. The van der Waals surface area contributed by atoms with Gasteiger partial charge in [-0.3, -0.25) is 14.6 Å². The summed E-state index contributed by atoms with van der Waals surface area (Å²) in [6.07, 6.45) is 5.14. The van der Waals surface area contributed by atoms with Crippen molar-refractivity contribution in [2.75, 3.05) is 25.5 Å². The first-order valence-electron chi connectivity index (χ1n) is 11.5. The summed E-state index contributed by atoms with van der Waals surface area (Å²) in [6, 6.07) is 7.17. The third kappa shape index (κ3) is 5.70. The molecular weight excluding hydrogens is 478 g/mol. The summed E-state index contributed by atoms with van der Waals surface area (Å²) in [5, 5.41) is 9.31. The summed E-state index contributed by atoms with van der Waals surface area (Å²) in [7, 11) is 1.54. The van der Waals surface area contributed by atoms with Crippen molar-refractivity contribution in [2.24, 2.45) is 0 Å². The molecule has 36 heavy (non-hydrogen) atoms. The van der Waals surface area contributed by atoms with Gasteiger partial charge in [-0.1, -0.05) is 49.9 Å². The summed E-state index contributed by atoms with van der Waals surface area (Å²) in [4.78, 5) is 31.8. The highest BCUT2D eigenvalue weighted by molar-refractivity contribution is 6.32. The largest absolute Gasteiger partial charge is 0.493 e. The van der Waals surface area contributed by atoms with E-state index in [9.17, 15) is 9.59 Å². The van der Waals surface area contributed by atoms with Crippen LogP contribution in [-0.4, -0.2) is 42.0 Å². The zero-order chi connectivity index (χ0) is 26.1. The Morgan fingerprint density at radius 2 is 2.14 bits per heavy atom. The van der Waals surface area contributed by atoms with Gasteiger partial charge in [-0.15, -0.1) is 0 Å². The Labute approximate surface area is 215 Å². The predicted molar refractivity (Wildman–Crippen MR) is 143 cm³/mol. The molecule has 0 unspecified atom stereocenters. The van der Waals surface area contributed by atoms with Gasteiger partial charge in [0.05, 0.1) is 46.9 Å². The predicted octanol–water partition coefficient (Wildman–Crippen LogP) is 4.45. The number of carbonyl (C=O) groups is 2. The SMILES string of the molecule is C=CC(=O)NCC#Cc1cnccc1-c1[nH]c2c(c1Nc1cccc(Cl)c1OC)C(=O)NCC2.CC. The summed E-state index contributed by atoms with van der Waals surface area (Å²) in [5.74, 6) is 5.96. The van der Waals surface area contributed by atoms with E-state index >= 15 is 0 Å². The van der Waals surface area contributed by atoms with Crippen LogP contribution in [0.5, 0.6) is 5.75 Å². The lowest BCUT2D eigenvalue weighted by atomic mass is 10.0. The van der Waals surface area contributed by atoms with E-state index in [1.54, 1.807) is 24.5 Å². The Kier molecular flexibility index (Phi) is 9.14. The zero-order valence-corrected chi connectivity index (χ0v) is 21.2. The second-order valence-electron chi connectivity index (χ2n) is 7.33. The molecule has 1 aliphatic rings. The van der Waals surface area contributed by atoms with Crippen molar-refractivity contribution in [1.82, 2.24) is 20.6 Å². The van der Waals surface area contributed by atoms with Crippen molar-refractivity contribution >= 4 is 34.8 Å². The van der Waals surface area contributed by atoms with E-state index in [2.05, 4.69) is 44.3 Å². The molecule has 2 aromatic heterocycles. The number of aromatic amines is 1. The second-order valence-corrected chi connectivity index (χ2v) is 7.73. The summed E-state index contributed by atoms with van der Waals surface area (Å²) in [6.45, 7) is 8.12. The van der Waals surface area contributed by atoms with Gasteiger partial charge in [0.15, 0.2) is 5.75 Å². The fourth-order valence-electron chi connectivity index (χ4n) is 3.71. The minimum atomic E-state index is -0.300. The maximum absolute atomic E-state index is 12.8. The lowest BCUT2D eigenvalue weighted by Crippen LogP contribution is -2.31. The van der Waals surface area contributed by atoms with Gasteiger partial charge < -0.3 is 25.7 Å². The molecule has 0 bridgehead atoms. The number of hydrogen-bond donors (Lipinski definition) is 4. The maximum Gasteiger partial charge on any atom is 0.255 e. The number of methoxy groups -OCH3 is 1. The van der Waals surface area contributed by atoms with Crippen LogP contribution in [0.3, 0.4) is 0 Å². The van der Waals surface area contributed by atoms with Crippen LogP contribution in [-0.2, 0) is 11.2 Å². The first-order chi connectivity index (χ1) is 17.5. The van der Waals surface area contributed by atoms with Gasteiger partial charge in [-0.05, 0) is 24.3 Å². The van der Waals surface area contributed by atoms with Crippen molar-refractivity contribution in [1.29, 1.82) is 0 Å². The van der Waals surface area contributed by atoms with Crippen LogP contribution in [0.25, 0.3) is 11.3 Å². The first-order valence-corrected chi connectivity index (χ1v) is 11.9. The van der Waals surface area contributed by atoms with Crippen LogP contribution in [0, 0.1) is 11.8 Å². The van der Waals surface area contributed by atoms with E-state index in [0.29, 0.717) is 51.9 Å². The Balaban J connectivity index is 0.00000176. The van der Waals surface area contributed by atoms with Gasteiger partial charge in [0.2, 0.25) is 5.91 Å². The molecule has 0 aliphatic carbocycles. The molecule has 0 atom stereocenters. The van der Waals surface area contributed by atoms with Crippen molar-refractivity contribution in [3.05, 3.63) is 71.2 Å². The Morgan fingerprint density at radius 1 is 1.33 bits per heavy atom. The molecule has 9 heteroatoms. The minimum Gasteiger partial charge on any atom is -0.493 e. The summed E-state index contributed by atoms with van der Waals surface area (Å²) < 4.78 is 5.48. The number of nitrogens with one attached hydrogen (secondary N) is 4. The smallest absolute Gasteiger partial charge is 0.255 e. The molecule has 8 nitrogen and oxygen atoms in total. The molecule has 4 rings (SSSR count). The number of amides is 2. The number of rotatable bonds is 6. The normalized spacial score (nSPS) is 11.5. The number of para-hydroxylation sites is 1. The lowest BCUT2D eigenvalue weighted by Gasteiger charge is -2.17. The Bertz CT molecular complexity index is 1340. The number of anilines is 2. The highest BCUT2D eigenvalue weighted by atomic mass is 35.5. The molecule has 0 saturated carbocycles. The van der Waals surface area contributed by atoms with E-state index in [-0.39, 0.29) is 18.4 Å². The minimum absolute atomic E-state index is 0.160. The summed E-state index contributed by atoms with van der Waals surface area (Å²) in [5.41, 5.74) is 4.62. The van der Waals surface area contributed by atoms with Gasteiger partial charge >= 0.3 is 0 Å². The number of fused-ring (bicyclic) bond motifs is 1. The van der Waals surface area contributed by atoms with Gasteiger partial charge in [0, 0.05) is 36.6 Å². The van der Waals surface area contributed by atoms with Gasteiger partial charge in [0.25, 0.3) is 5.91 Å². The third-order valence-electron chi connectivity index (χ3n) is 5.25. The Hall–Kier alpha value is -4.22. The lowest BCUT2D eigenvalue weighted by molar-refractivity contribution is -0.116. The topological polar surface area (TPSA) is 108 Å². The van der Waals surface area contributed by atoms with Crippen molar-refractivity contribution in [3.8, 4) is 28.8 Å². The average molecular weight is 506 g/mol. The molecule has 0 saturated heterocycles. The molecule has 3 heterocycles. The van der Waals surface area contributed by atoms with Gasteiger partial charge in [-0.2, -0.15) is 0 Å². The monoisotopic (exact) mass is 505 g/mol. The van der Waals surface area contributed by atoms with Crippen LogP contribution in [0.1, 0.15) is 35.5 Å². The molecule has 0 fully saturated rings. The van der Waals surface area contributed by atoms with Crippen LogP contribution in [0.15, 0.2) is 49.3 Å². The van der Waals surface area contributed by atoms with Crippen LogP contribution in [0.2, 0.25) is 5.02 Å². The van der Waals surface area contributed by atoms with Crippen LogP contribution in [0.4, 0.5) is 11.4 Å². The number of aromatic nitrogens is 2. The number of H-pyrrole nitrogens is 1. The highest BCUT2D eigenvalue weighted by Gasteiger charge is 2.28. The van der Waals surface area contributed by atoms with Crippen LogP contribution < -0.4 is 20.7 Å².